The van der Waals surface area contributed by atoms with Crippen LogP contribution in [-0.2, 0) is 6.42 Å². The van der Waals surface area contributed by atoms with E-state index in [0.29, 0.717) is 12.3 Å². The predicted molar refractivity (Wildman–Crippen MR) is 82.6 cm³/mol. The van der Waals surface area contributed by atoms with Crippen LogP contribution in [0.4, 0.5) is 0 Å². The lowest BCUT2D eigenvalue weighted by Gasteiger charge is -2.30. The molecule has 0 unspecified atom stereocenters. The Balaban J connectivity index is 1.37. The van der Waals surface area contributed by atoms with Crippen molar-refractivity contribution in [3.05, 3.63) is 41.3 Å². The molecule has 1 aliphatic heterocycles. The Hall–Kier alpha value is -1.75. The maximum Gasteiger partial charge on any atom is 0.229 e. The van der Waals surface area contributed by atoms with Crippen molar-refractivity contribution >= 4 is 0 Å². The Morgan fingerprint density at radius 1 is 1.18 bits per heavy atom. The van der Waals surface area contributed by atoms with E-state index in [0.717, 1.165) is 41.9 Å². The minimum absolute atomic E-state index is 0.437. The number of nitrogens with zero attached hydrogens (tertiary/aromatic N) is 4. The van der Waals surface area contributed by atoms with Crippen molar-refractivity contribution in [2.75, 3.05) is 13.1 Å². The molecule has 0 spiro atoms. The molecular formula is C17H22N4O. The number of aromatic nitrogens is 3. The van der Waals surface area contributed by atoms with Crippen molar-refractivity contribution in [1.29, 1.82) is 0 Å². The Labute approximate surface area is 130 Å². The second kappa shape index (κ2) is 5.80. The van der Waals surface area contributed by atoms with Gasteiger partial charge >= 0.3 is 0 Å². The van der Waals surface area contributed by atoms with E-state index >= 15 is 0 Å². The summed E-state index contributed by atoms with van der Waals surface area (Å²) in [5, 5.41) is 4.15. The largest absolute Gasteiger partial charge is 0.339 e. The van der Waals surface area contributed by atoms with Crippen molar-refractivity contribution in [2.45, 2.75) is 51.0 Å². The molecule has 0 aromatic carbocycles. The van der Waals surface area contributed by atoms with Crippen molar-refractivity contribution in [2.24, 2.45) is 0 Å². The molecule has 0 N–H and O–H groups in total. The van der Waals surface area contributed by atoms with Crippen molar-refractivity contribution in [3.63, 3.8) is 0 Å². The quantitative estimate of drug-likeness (QED) is 0.868. The van der Waals surface area contributed by atoms with Crippen molar-refractivity contribution < 1.29 is 4.52 Å². The highest BCUT2D eigenvalue weighted by Gasteiger charge is 2.33. The first-order valence-corrected chi connectivity index (χ1v) is 8.26. The molecule has 0 amide bonds. The fourth-order valence-electron chi connectivity index (χ4n) is 3.24. The molecule has 1 aliphatic carbocycles. The van der Waals surface area contributed by atoms with E-state index < -0.39 is 0 Å². The third-order valence-electron chi connectivity index (χ3n) is 4.76. The van der Waals surface area contributed by atoms with E-state index in [2.05, 4.69) is 26.1 Å². The molecular weight excluding hydrogens is 276 g/mol. The number of aryl methyl sites for hydroxylation is 1. The molecule has 1 saturated heterocycles. The molecule has 4 rings (SSSR count). The van der Waals surface area contributed by atoms with Crippen LogP contribution in [0.25, 0.3) is 0 Å². The minimum atomic E-state index is 0.437. The van der Waals surface area contributed by atoms with Crippen LogP contribution in [0.5, 0.6) is 0 Å². The Kier molecular flexibility index (Phi) is 3.66. The first-order valence-electron chi connectivity index (χ1n) is 8.26. The molecule has 1 saturated carbocycles. The predicted octanol–water partition coefficient (Wildman–Crippen LogP) is 2.71. The minimum Gasteiger partial charge on any atom is -0.339 e. The van der Waals surface area contributed by atoms with Gasteiger partial charge in [0.25, 0.3) is 0 Å². The van der Waals surface area contributed by atoms with Crippen LogP contribution in [0.15, 0.2) is 22.9 Å². The lowest BCUT2D eigenvalue weighted by molar-refractivity contribution is 0.186. The summed E-state index contributed by atoms with van der Waals surface area (Å²) in [5.74, 6) is 2.03. The Morgan fingerprint density at radius 3 is 2.68 bits per heavy atom. The van der Waals surface area contributed by atoms with E-state index in [1.54, 1.807) is 0 Å². The van der Waals surface area contributed by atoms with Crippen LogP contribution in [0.2, 0.25) is 0 Å². The summed E-state index contributed by atoms with van der Waals surface area (Å²) in [7, 11) is 0. The summed E-state index contributed by atoms with van der Waals surface area (Å²) >= 11 is 0. The summed E-state index contributed by atoms with van der Waals surface area (Å²) in [6.07, 6.45) is 7.64. The van der Waals surface area contributed by atoms with Gasteiger partial charge in [-0.15, -0.1) is 0 Å². The van der Waals surface area contributed by atoms with Gasteiger partial charge in [-0.1, -0.05) is 11.2 Å². The summed E-state index contributed by atoms with van der Waals surface area (Å²) < 4.78 is 5.51. The highest BCUT2D eigenvalue weighted by atomic mass is 16.5. The monoisotopic (exact) mass is 298 g/mol. The molecule has 0 radical (unpaired) electrons. The lowest BCUT2D eigenvalue weighted by Crippen LogP contribution is -2.34. The summed E-state index contributed by atoms with van der Waals surface area (Å²) in [6.45, 7) is 4.34. The number of rotatable bonds is 4. The molecule has 3 heterocycles. The van der Waals surface area contributed by atoms with Gasteiger partial charge in [-0.3, -0.25) is 4.98 Å². The van der Waals surface area contributed by atoms with Gasteiger partial charge < -0.3 is 9.42 Å². The highest BCUT2D eigenvalue weighted by Crippen LogP contribution is 2.34. The molecule has 0 atom stereocenters. The maximum absolute atomic E-state index is 5.51. The molecule has 116 valence electrons. The summed E-state index contributed by atoms with van der Waals surface area (Å²) in [6, 6.07) is 4.96. The fraction of sp³-hybridized carbons (Fsp3) is 0.588. The zero-order valence-corrected chi connectivity index (χ0v) is 13.0. The second-order valence-electron chi connectivity index (χ2n) is 6.57. The first kappa shape index (κ1) is 13.9. The van der Waals surface area contributed by atoms with Crippen molar-refractivity contribution in [1.82, 2.24) is 20.0 Å². The summed E-state index contributed by atoms with van der Waals surface area (Å²) in [5.41, 5.74) is 2.15. The SMILES string of the molecule is Cc1ccc(Cc2noc(C3CCN(C4CC4)CC3)n2)cn1. The van der Waals surface area contributed by atoms with E-state index in [4.69, 9.17) is 4.52 Å². The number of likely N-dealkylation sites (tertiary alicyclic amines) is 1. The molecule has 2 aromatic heterocycles. The van der Waals surface area contributed by atoms with Gasteiger partial charge in [0.1, 0.15) is 0 Å². The van der Waals surface area contributed by atoms with E-state index in [1.807, 2.05) is 19.2 Å². The average Bonchev–Trinajstić information content (AvgIpc) is 3.30. The lowest BCUT2D eigenvalue weighted by atomic mass is 9.96. The number of piperidine rings is 1. The number of pyridine rings is 1. The van der Waals surface area contributed by atoms with Crippen LogP contribution >= 0.6 is 0 Å². The van der Waals surface area contributed by atoms with Gasteiger partial charge in [0, 0.05) is 30.3 Å². The van der Waals surface area contributed by atoms with Crippen LogP contribution in [-0.4, -0.2) is 39.2 Å². The molecule has 5 nitrogen and oxygen atoms in total. The van der Waals surface area contributed by atoms with Crippen LogP contribution in [0, 0.1) is 6.92 Å². The maximum atomic E-state index is 5.51. The van der Waals surface area contributed by atoms with Gasteiger partial charge in [0.15, 0.2) is 5.82 Å². The topological polar surface area (TPSA) is 55.1 Å². The van der Waals surface area contributed by atoms with E-state index in [9.17, 15) is 0 Å². The van der Waals surface area contributed by atoms with Crippen LogP contribution in [0.3, 0.4) is 0 Å². The second-order valence-corrected chi connectivity index (χ2v) is 6.57. The van der Waals surface area contributed by atoms with E-state index in [1.165, 1.54) is 25.9 Å². The zero-order valence-electron chi connectivity index (χ0n) is 13.0. The van der Waals surface area contributed by atoms with Gasteiger partial charge in [-0.25, -0.2) is 0 Å². The third-order valence-corrected chi connectivity index (χ3v) is 4.76. The highest BCUT2D eigenvalue weighted by molar-refractivity contribution is 5.17. The van der Waals surface area contributed by atoms with Gasteiger partial charge in [-0.05, 0) is 57.3 Å². The normalized spacial score (nSPS) is 20.4. The molecule has 2 aromatic rings. The Bertz CT molecular complexity index is 624. The fourth-order valence-corrected chi connectivity index (χ4v) is 3.24. The van der Waals surface area contributed by atoms with Gasteiger partial charge in [0.2, 0.25) is 5.89 Å². The molecule has 0 bridgehead atoms. The van der Waals surface area contributed by atoms with Crippen LogP contribution < -0.4 is 0 Å². The van der Waals surface area contributed by atoms with E-state index in [-0.39, 0.29) is 0 Å². The molecule has 2 aliphatic rings. The molecule has 2 fully saturated rings. The smallest absolute Gasteiger partial charge is 0.229 e. The summed E-state index contributed by atoms with van der Waals surface area (Å²) in [4.78, 5) is 11.5. The standard InChI is InChI=1S/C17H22N4O/c1-12-2-3-13(11-18-12)10-16-19-17(22-20-16)14-6-8-21(9-7-14)15-4-5-15/h2-3,11,14-15H,4-10H2,1H3. The Morgan fingerprint density at radius 2 is 2.00 bits per heavy atom. The van der Waals surface area contributed by atoms with Gasteiger partial charge in [-0.2, -0.15) is 4.98 Å². The molecule has 5 heteroatoms. The first-order chi connectivity index (χ1) is 10.8. The number of hydrogen-bond acceptors (Lipinski definition) is 5. The van der Waals surface area contributed by atoms with Gasteiger partial charge in [0.05, 0.1) is 0 Å². The third kappa shape index (κ3) is 3.04. The average molecular weight is 298 g/mol. The van der Waals surface area contributed by atoms with Crippen molar-refractivity contribution in [3.8, 4) is 0 Å². The zero-order chi connectivity index (χ0) is 14.9. The molecule has 22 heavy (non-hydrogen) atoms. The van der Waals surface area contributed by atoms with Crippen LogP contribution in [0.1, 0.15) is 54.6 Å². The number of hydrogen-bond donors (Lipinski definition) is 0.